The Kier molecular flexibility index (Phi) is 2.93. The van der Waals surface area contributed by atoms with Crippen LogP contribution < -0.4 is 0 Å². The number of hydrogen-bond acceptors (Lipinski definition) is 0. The second-order valence-corrected chi connectivity index (χ2v) is 3.72. The van der Waals surface area contributed by atoms with E-state index in [-0.39, 0.29) is 0 Å². The van der Waals surface area contributed by atoms with Gasteiger partial charge < -0.3 is 0 Å². The first-order chi connectivity index (χ1) is 4.74. The molecule has 0 aromatic heterocycles. The normalized spacial score (nSPS) is 9.90. The lowest BCUT2D eigenvalue weighted by Gasteiger charge is -1.97. The van der Waals surface area contributed by atoms with Gasteiger partial charge in [0.1, 0.15) is 0 Å². The maximum Gasteiger partial charge on any atom is 0.0323 e. The summed E-state index contributed by atoms with van der Waals surface area (Å²) in [6.07, 6.45) is 1.03. The molecule has 1 aromatic rings. The van der Waals surface area contributed by atoms with Crippen LogP contribution in [-0.4, -0.2) is 0 Å². The van der Waals surface area contributed by atoms with Gasteiger partial charge in [0.25, 0.3) is 0 Å². The second kappa shape index (κ2) is 3.54. The van der Waals surface area contributed by atoms with Crippen molar-refractivity contribution in [1.29, 1.82) is 0 Å². The highest BCUT2D eigenvalue weighted by Crippen LogP contribution is 2.23. The molecule has 0 amide bonds. The van der Waals surface area contributed by atoms with Gasteiger partial charge in [0.05, 0.1) is 0 Å². The van der Waals surface area contributed by atoms with E-state index in [2.05, 4.69) is 50.9 Å². The highest BCUT2D eigenvalue weighted by Gasteiger charge is 1.95. The highest BCUT2D eigenvalue weighted by atomic mass is 79.9. The average Bonchev–Trinajstić information content (AvgIpc) is 1.95. The van der Waals surface area contributed by atoms with Crippen LogP contribution in [0.25, 0.3) is 0 Å². The van der Waals surface area contributed by atoms with E-state index in [0.717, 1.165) is 15.4 Å². The third-order valence-electron chi connectivity index (χ3n) is 1.29. The van der Waals surface area contributed by atoms with Crippen molar-refractivity contribution in [3.8, 4) is 0 Å². The molecule has 0 bridgehead atoms. The Hall–Kier alpha value is 0.180. The lowest BCUT2D eigenvalue weighted by Crippen LogP contribution is -1.79. The molecule has 0 aliphatic carbocycles. The van der Waals surface area contributed by atoms with Crippen LogP contribution in [0.2, 0.25) is 0 Å². The topological polar surface area (TPSA) is 0 Å². The molecular weight excluding hydrogens is 256 g/mol. The van der Waals surface area contributed by atoms with Gasteiger partial charge in [-0.25, -0.2) is 0 Å². The summed E-state index contributed by atoms with van der Waals surface area (Å²) in [5, 5.41) is 0. The third-order valence-corrected chi connectivity index (χ3v) is 3.14. The van der Waals surface area contributed by atoms with E-state index in [1.807, 2.05) is 6.07 Å². The van der Waals surface area contributed by atoms with Crippen molar-refractivity contribution in [3.63, 3.8) is 0 Å². The van der Waals surface area contributed by atoms with E-state index in [0.29, 0.717) is 0 Å². The van der Waals surface area contributed by atoms with Gasteiger partial charge >= 0.3 is 0 Å². The molecule has 0 fully saturated rings. The van der Waals surface area contributed by atoms with Gasteiger partial charge in [-0.05, 0) is 62.0 Å². The van der Waals surface area contributed by atoms with Crippen LogP contribution in [0.15, 0.2) is 21.1 Å². The van der Waals surface area contributed by atoms with Crippen molar-refractivity contribution in [2.24, 2.45) is 0 Å². The summed E-state index contributed by atoms with van der Waals surface area (Å²) in [7, 11) is 0. The molecule has 1 radical (unpaired) electrons. The SMILES string of the molecule is CCc1[c]cc(Br)c(Br)c1. The molecule has 0 saturated carbocycles. The van der Waals surface area contributed by atoms with Crippen molar-refractivity contribution in [2.75, 3.05) is 0 Å². The number of benzene rings is 1. The van der Waals surface area contributed by atoms with Gasteiger partial charge in [-0.1, -0.05) is 6.92 Å². The van der Waals surface area contributed by atoms with Crippen LogP contribution in [0.1, 0.15) is 12.5 Å². The van der Waals surface area contributed by atoms with Crippen LogP contribution in [0.3, 0.4) is 0 Å². The molecule has 1 aromatic carbocycles. The van der Waals surface area contributed by atoms with Crippen molar-refractivity contribution in [3.05, 3.63) is 32.7 Å². The predicted octanol–water partition coefficient (Wildman–Crippen LogP) is 3.57. The predicted molar refractivity (Wildman–Crippen MR) is 50.1 cm³/mol. The van der Waals surface area contributed by atoms with Crippen LogP contribution in [-0.2, 0) is 6.42 Å². The summed E-state index contributed by atoms with van der Waals surface area (Å²) < 4.78 is 2.16. The van der Waals surface area contributed by atoms with Gasteiger partial charge in [-0.3, -0.25) is 0 Å². The molecule has 2 heteroatoms. The second-order valence-electron chi connectivity index (χ2n) is 2.01. The lowest BCUT2D eigenvalue weighted by atomic mass is 10.2. The molecule has 0 saturated heterocycles. The zero-order valence-corrected chi connectivity index (χ0v) is 8.79. The molecular formula is C8H7Br2. The summed E-state index contributed by atoms with van der Waals surface area (Å²) in [6, 6.07) is 7.16. The van der Waals surface area contributed by atoms with Gasteiger partial charge in [0.15, 0.2) is 0 Å². The standard InChI is InChI=1S/C8H7Br2/c1-2-6-3-4-7(9)8(10)5-6/h4-5H,2H2,1H3. The van der Waals surface area contributed by atoms with Crippen LogP contribution in [0, 0.1) is 6.07 Å². The van der Waals surface area contributed by atoms with Crippen LogP contribution >= 0.6 is 31.9 Å². The molecule has 0 spiro atoms. The molecule has 0 heterocycles. The minimum Gasteiger partial charge on any atom is -0.0613 e. The zero-order valence-electron chi connectivity index (χ0n) is 5.62. The summed E-state index contributed by atoms with van der Waals surface area (Å²) in [6.45, 7) is 2.12. The molecule has 0 aliphatic rings. The van der Waals surface area contributed by atoms with Gasteiger partial charge in [-0.2, -0.15) is 0 Å². The summed E-state index contributed by atoms with van der Waals surface area (Å²) in [4.78, 5) is 0. The Bertz CT molecular complexity index is 231. The van der Waals surface area contributed by atoms with E-state index in [9.17, 15) is 0 Å². The van der Waals surface area contributed by atoms with Gasteiger partial charge in [0.2, 0.25) is 0 Å². The van der Waals surface area contributed by atoms with Crippen molar-refractivity contribution in [1.82, 2.24) is 0 Å². The largest absolute Gasteiger partial charge is 0.0613 e. The average molecular weight is 263 g/mol. The van der Waals surface area contributed by atoms with E-state index in [1.54, 1.807) is 0 Å². The van der Waals surface area contributed by atoms with E-state index < -0.39 is 0 Å². The molecule has 0 nitrogen and oxygen atoms in total. The van der Waals surface area contributed by atoms with Crippen molar-refractivity contribution in [2.45, 2.75) is 13.3 Å². The lowest BCUT2D eigenvalue weighted by molar-refractivity contribution is 1.13. The molecule has 0 aliphatic heterocycles. The first-order valence-electron chi connectivity index (χ1n) is 3.09. The Morgan fingerprint density at radius 3 is 2.60 bits per heavy atom. The van der Waals surface area contributed by atoms with Gasteiger partial charge in [0, 0.05) is 8.95 Å². The Labute approximate surface area is 77.9 Å². The summed E-state index contributed by atoms with van der Waals surface area (Å²) >= 11 is 6.80. The fraction of sp³-hybridized carbons (Fsp3) is 0.250. The molecule has 0 N–H and O–H groups in total. The zero-order chi connectivity index (χ0) is 7.56. The minimum atomic E-state index is 1.03. The fourth-order valence-corrected chi connectivity index (χ4v) is 1.31. The Balaban J connectivity index is 3.04. The Morgan fingerprint density at radius 1 is 1.40 bits per heavy atom. The Morgan fingerprint density at radius 2 is 2.10 bits per heavy atom. The number of hydrogen-bond donors (Lipinski definition) is 0. The van der Waals surface area contributed by atoms with Crippen molar-refractivity contribution < 1.29 is 0 Å². The molecule has 1 rings (SSSR count). The smallest absolute Gasteiger partial charge is 0.0323 e. The first kappa shape index (κ1) is 8.28. The van der Waals surface area contributed by atoms with Crippen LogP contribution in [0.4, 0.5) is 0 Å². The van der Waals surface area contributed by atoms with E-state index in [4.69, 9.17) is 0 Å². The quantitative estimate of drug-likeness (QED) is 0.726. The number of halogens is 2. The van der Waals surface area contributed by atoms with Crippen LogP contribution in [0.5, 0.6) is 0 Å². The molecule has 10 heavy (non-hydrogen) atoms. The molecule has 0 unspecified atom stereocenters. The number of aryl methyl sites for hydroxylation is 1. The first-order valence-corrected chi connectivity index (χ1v) is 4.68. The highest BCUT2D eigenvalue weighted by molar-refractivity contribution is 9.13. The summed E-state index contributed by atoms with van der Waals surface area (Å²) in [5.41, 5.74) is 1.23. The molecule has 53 valence electrons. The minimum absolute atomic E-state index is 1.03. The number of rotatable bonds is 1. The van der Waals surface area contributed by atoms with Gasteiger partial charge in [-0.15, -0.1) is 0 Å². The van der Waals surface area contributed by atoms with E-state index in [1.165, 1.54) is 5.56 Å². The summed E-state index contributed by atoms with van der Waals surface area (Å²) in [5.74, 6) is 0. The maximum atomic E-state index is 3.42. The van der Waals surface area contributed by atoms with Crippen molar-refractivity contribution >= 4 is 31.9 Å². The molecule has 0 atom stereocenters. The fourth-order valence-electron chi connectivity index (χ4n) is 0.693. The maximum absolute atomic E-state index is 3.42. The third kappa shape index (κ3) is 1.83. The van der Waals surface area contributed by atoms with E-state index >= 15 is 0 Å². The monoisotopic (exact) mass is 261 g/mol.